The van der Waals surface area contributed by atoms with Crippen LogP contribution in [0.1, 0.15) is 34.3 Å². The highest BCUT2D eigenvalue weighted by Crippen LogP contribution is 2.26. The van der Waals surface area contributed by atoms with Crippen molar-refractivity contribution in [3.05, 3.63) is 58.7 Å². The Hall–Kier alpha value is -3.04. The molecule has 1 aliphatic heterocycles. The lowest BCUT2D eigenvalue weighted by Gasteiger charge is -2.34. The third-order valence-corrected chi connectivity index (χ3v) is 5.99. The number of phenols is 1. The van der Waals surface area contributed by atoms with E-state index in [0.29, 0.717) is 31.2 Å². The molecule has 1 heterocycles. The van der Waals surface area contributed by atoms with Crippen LogP contribution >= 0.6 is 0 Å². The number of hydrogen-bond acceptors (Lipinski definition) is 6. The number of aryl methyl sites for hydroxylation is 1. The predicted octanol–water partition coefficient (Wildman–Crippen LogP) is 2.10. The standard InChI is InChI=1S/C23H28F2N4O3/c1-13-3-2-4-15(22(13)31)12-29-7-5-14(6-8-29)21(27)20(30)11-28-23(32)16-9-17(24)18(25)10-19(16)26/h2-4,9-10,14,21,31H,5-8,11-12,26-27H2,1H3,(H,28,32). The Balaban J connectivity index is 1.49. The number of nitrogens with two attached hydrogens (primary N) is 2. The van der Waals surface area contributed by atoms with Crippen molar-refractivity contribution >= 4 is 17.4 Å². The van der Waals surface area contributed by atoms with Gasteiger partial charge >= 0.3 is 0 Å². The normalized spacial score (nSPS) is 16.0. The second kappa shape index (κ2) is 10.1. The monoisotopic (exact) mass is 446 g/mol. The first-order chi connectivity index (χ1) is 15.2. The Labute approximate surface area is 185 Å². The molecule has 0 radical (unpaired) electrons. The van der Waals surface area contributed by atoms with Crippen molar-refractivity contribution in [2.75, 3.05) is 25.4 Å². The molecule has 0 bridgehead atoms. The minimum atomic E-state index is -1.20. The number of nitrogen functional groups attached to an aromatic ring is 1. The third kappa shape index (κ3) is 5.41. The van der Waals surface area contributed by atoms with Gasteiger partial charge in [0.25, 0.3) is 5.91 Å². The summed E-state index contributed by atoms with van der Waals surface area (Å²) >= 11 is 0. The number of phenolic OH excluding ortho intramolecular Hbond substituents is 1. The Morgan fingerprint density at radius 1 is 1.22 bits per heavy atom. The summed E-state index contributed by atoms with van der Waals surface area (Å²) in [6.07, 6.45) is 1.42. The SMILES string of the molecule is Cc1cccc(CN2CCC(C(N)C(=O)CNC(=O)c3cc(F)c(F)cc3N)CC2)c1O. The third-order valence-electron chi connectivity index (χ3n) is 5.99. The highest BCUT2D eigenvalue weighted by atomic mass is 19.2. The number of benzene rings is 2. The van der Waals surface area contributed by atoms with Gasteiger partial charge in [0.15, 0.2) is 17.4 Å². The van der Waals surface area contributed by atoms with Crippen LogP contribution in [0.15, 0.2) is 30.3 Å². The van der Waals surface area contributed by atoms with Gasteiger partial charge in [-0.3, -0.25) is 14.5 Å². The van der Waals surface area contributed by atoms with Gasteiger partial charge in [0, 0.05) is 23.9 Å². The number of anilines is 1. The summed E-state index contributed by atoms with van der Waals surface area (Å²) in [5.74, 6) is -3.18. The van der Waals surface area contributed by atoms with Crippen LogP contribution in [0, 0.1) is 24.5 Å². The summed E-state index contributed by atoms with van der Waals surface area (Å²) in [7, 11) is 0. The molecule has 0 aromatic heterocycles. The average molecular weight is 446 g/mol. The molecule has 1 atom stereocenters. The van der Waals surface area contributed by atoms with Crippen molar-refractivity contribution in [3.63, 3.8) is 0 Å². The van der Waals surface area contributed by atoms with Crippen LogP contribution in [0.4, 0.5) is 14.5 Å². The molecule has 1 amide bonds. The zero-order valence-corrected chi connectivity index (χ0v) is 17.9. The molecule has 0 aliphatic carbocycles. The molecular formula is C23H28F2N4O3. The van der Waals surface area contributed by atoms with E-state index >= 15 is 0 Å². The summed E-state index contributed by atoms with van der Waals surface area (Å²) in [6.45, 7) is 3.62. The summed E-state index contributed by atoms with van der Waals surface area (Å²) in [5, 5.41) is 12.6. The average Bonchev–Trinajstić information content (AvgIpc) is 2.77. The largest absolute Gasteiger partial charge is 0.507 e. The van der Waals surface area contributed by atoms with Crippen molar-refractivity contribution in [2.24, 2.45) is 11.7 Å². The number of piperidine rings is 1. The number of halogens is 2. The van der Waals surface area contributed by atoms with E-state index in [4.69, 9.17) is 11.5 Å². The van der Waals surface area contributed by atoms with Gasteiger partial charge in [-0.1, -0.05) is 18.2 Å². The molecule has 1 unspecified atom stereocenters. The molecule has 2 aromatic carbocycles. The number of Topliss-reactive ketones (excluding diaryl/α,β-unsaturated/α-hetero) is 1. The van der Waals surface area contributed by atoms with Gasteiger partial charge in [0.1, 0.15) is 5.75 Å². The number of likely N-dealkylation sites (tertiary alicyclic amines) is 1. The van der Waals surface area contributed by atoms with Gasteiger partial charge in [0.2, 0.25) is 0 Å². The molecule has 1 aliphatic rings. The maximum atomic E-state index is 13.4. The Morgan fingerprint density at radius 2 is 1.88 bits per heavy atom. The lowest BCUT2D eigenvalue weighted by molar-refractivity contribution is -0.120. The number of ketones is 1. The molecule has 0 spiro atoms. The number of nitrogens with one attached hydrogen (secondary N) is 1. The van der Waals surface area contributed by atoms with Crippen molar-refractivity contribution in [1.82, 2.24) is 10.2 Å². The van der Waals surface area contributed by atoms with E-state index in [1.807, 2.05) is 25.1 Å². The Kier molecular flexibility index (Phi) is 7.42. The van der Waals surface area contributed by atoms with Crippen molar-refractivity contribution in [1.29, 1.82) is 0 Å². The summed E-state index contributed by atoms with van der Waals surface area (Å²) in [6, 6.07) is 6.34. The van der Waals surface area contributed by atoms with Crippen LogP contribution in [0.2, 0.25) is 0 Å². The topological polar surface area (TPSA) is 122 Å². The second-order valence-electron chi connectivity index (χ2n) is 8.22. The lowest BCUT2D eigenvalue weighted by Crippen LogP contribution is -2.47. The maximum Gasteiger partial charge on any atom is 0.253 e. The summed E-state index contributed by atoms with van der Waals surface area (Å²) in [4.78, 5) is 26.9. The Bertz CT molecular complexity index is 1010. The number of carbonyl (C=O) groups is 2. The molecule has 6 N–H and O–H groups in total. The first-order valence-electron chi connectivity index (χ1n) is 10.5. The molecule has 1 fully saturated rings. The van der Waals surface area contributed by atoms with E-state index in [-0.39, 0.29) is 29.5 Å². The predicted molar refractivity (Wildman–Crippen MR) is 117 cm³/mol. The fourth-order valence-electron chi connectivity index (χ4n) is 3.96. The molecule has 172 valence electrons. The number of carbonyl (C=O) groups excluding carboxylic acids is 2. The molecule has 7 nitrogen and oxygen atoms in total. The molecule has 1 saturated heterocycles. The summed E-state index contributed by atoms with van der Waals surface area (Å²) in [5.41, 5.74) is 12.9. The van der Waals surface area contributed by atoms with Crippen LogP contribution < -0.4 is 16.8 Å². The minimum Gasteiger partial charge on any atom is -0.507 e. The first-order valence-corrected chi connectivity index (χ1v) is 10.5. The quantitative estimate of drug-likeness (QED) is 0.483. The fourth-order valence-corrected chi connectivity index (χ4v) is 3.96. The molecule has 0 saturated carbocycles. The van der Waals surface area contributed by atoms with Crippen molar-refractivity contribution in [3.8, 4) is 5.75 Å². The summed E-state index contributed by atoms with van der Waals surface area (Å²) < 4.78 is 26.5. The van der Waals surface area contributed by atoms with E-state index in [2.05, 4.69) is 10.2 Å². The number of rotatable bonds is 7. The fraction of sp³-hybridized carbons (Fsp3) is 0.391. The van der Waals surface area contributed by atoms with Crippen LogP contribution in [0.25, 0.3) is 0 Å². The van der Waals surface area contributed by atoms with Gasteiger partial charge in [-0.2, -0.15) is 0 Å². The maximum absolute atomic E-state index is 13.4. The number of para-hydroxylation sites is 1. The van der Waals surface area contributed by atoms with Gasteiger partial charge in [-0.05, 0) is 50.4 Å². The second-order valence-corrected chi connectivity index (χ2v) is 8.22. The highest BCUT2D eigenvalue weighted by Gasteiger charge is 2.29. The number of hydrogen-bond donors (Lipinski definition) is 4. The smallest absolute Gasteiger partial charge is 0.253 e. The van der Waals surface area contributed by atoms with E-state index < -0.39 is 23.6 Å². The van der Waals surface area contributed by atoms with Crippen LogP contribution in [0.5, 0.6) is 5.75 Å². The lowest BCUT2D eigenvalue weighted by atomic mass is 9.87. The molecule has 9 heteroatoms. The number of aromatic hydroxyl groups is 1. The zero-order valence-electron chi connectivity index (χ0n) is 17.9. The van der Waals surface area contributed by atoms with E-state index in [9.17, 15) is 23.5 Å². The molecule has 32 heavy (non-hydrogen) atoms. The van der Waals surface area contributed by atoms with Gasteiger partial charge < -0.3 is 21.9 Å². The van der Waals surface area contributed by atoms with Crippen LogP contribution in [-0.2, 0) is 11.3 Å². The van der Waals surface area contributed by atoms with Crippen molar-refractivity contribution < 1.29 is 23.5 Å². The Morgan fingerprint density at radius 3 is 2.56 bits per heavy atom. The van der Waals surface area contributed by atoms with E-state index in [1.165, 1.54) is 0 Å². The first kappa shape index (κ1) is 23.6. The van der Waals surface area contributed by atoms with Crippen LogP contribution in [0.3, 0.4) is 0 Å². The van der Waals surface area contributed by atoms with Gasteiger partial charge in [0.05, 0.1) is 18.2 Å². The molecular weight excluding hydrogens is 418 g/mol. The molecule has 3 rings (SSSR count). The zero-order chi connectivity index (χ0) is 23.4. The van der Waals surface area contributed by atoms with Crippen molar-refractivity contribution in [2.45, 2.75) is 32.4 Å². The van der Waals surface area contributed by atoms with E-state index in [0.717, 1.165) is 30.3 Å². The molecule has 2 aromatic rings. The van der Waals surface area contributed by atoms with E-state index in [1.54, 1.807) is 0 Å². The number of nitrogens with zero attached hydrogens (tertiary/aromatic N) is 1. The van der Waals surface area contributed by atoms with Gasteiger partial charge in [-0.15, -0.1) is 0 Å². The van der Waals surface area contributed by atoms with Gasteiger partial charge in [-0.25, -0.2) is 8.78 Å². The van der Waals surface area contributed by atoms with Crippen LogP contribution in [-0.4, -0.2) is 47.4 Å². The minimum absolute atomic E-state index is 0.0323. The number of amides is 1. The highest BCUT2D eigenvalue weighted by molar-refractivity contribution is 6.01.